The van der Waals surface area contributed by atoms with Crippen molar-refractivity contribution in [3.63, 3.8) is 0 Å². The summed E-state index contributed by atoms with van der Waals surface area (Å²) in [7, 11) is -1.70. The van der Waals surface area contributed by atoms with Gasteiger partial charge in [0.15, 0.2) is 5.03 Å². The highest BCUT2D eigenvalue weighted by Gasteiger charge is 2.34. The van der Waals surface area contributed by atoms with Gasteiger partial charge < -0.3 is 14.2 Å². The first-order valence-corrected chi connectivity index (χ1v) is 11.6. The van der Waals surface area contributed by atoms with E-state index in [4.69, 9.17) is 4.74 Å². The molecule has 0 aliphatic carbocycles. The largest absolute Gasteiger partial charge is 0.467 e. The molecule has 2 aliphatic rings. The van der Waals surface area contributed by atoms with Crippen LogP contribution in [0.4, 0.5) is 0 Å². The van der Waals surface area contributed by atoms with Crippen LogP contribution in [0.25, 0.3) is 0 Å². The summed E-state index contributed by atoms with van der Waals surface area (Å²) in [4.78, 5) is 10.7. The number of hydrogen-bond donors (Lipinski definition) is 0. The van der Waals surface area contributed by atoms with Gasteiger partial charge in [0.2, 0.25) is 0 Å². The van der Waals surface area contributed by atoms with Gasteiger partial charge in [0.1, 0.15) is 6.10 Å². The lowest BCUT2D eigenvalue weighted by Gasteiger charge is -2.41. The number of ether oxygens (including phenoxy) is 1. The Bertz CT molecular complexity index is 836. The number of rotatable bonds is 5. The average Bonchev–Trinajstić information content (AvgIpc) is 3.34. The summed E-state index contributed by atoms with van der Waals surface area (Å²) in [5, 5.41) is 2.82. The van der Waals surface area contributed by atoms with E-state index in [2.05, 4.69) is 14.9 Å². The van der Waals surface area contributed by atoms with E-state index >= 15 is 0 Å². The van der Waals surface area contributed by atoms with Gasteiger partial charge >= 0.3 is 0 Å². The Hall–Kier alpha value is -1.49. The molecule has 2 aliphatic heterocycles. The fourth-order valence-corrected chi connectivity index (χ4v) is 5.86. The van der Waals surface area contributed by atoms with Gasteiger partial charge in [-0.05, 0) is 25.7 Å². The van der Waals surface area contributed by atoms with Crippen molar-refractivity contribution in [1.82, 2.24) is 23.7 Å². The Balaban J connectivity index is 1.27. The molecule has 10 heteroatoms. The standard InChI is InChI=1S/C17H25N5O3S2/c1-20-12-16(19-13-20)27(23,24)22-9-2-14(3-10-22)21-7-4-15(5-8-21)25-17-18-6-11-26-17/h6,11-15H,2-5,7-10H2,1H3. The summed E-state index contributed by atoms with van der Waals surface area (Å²) >= 11 is 1.53. The molecule has 8 nitrogen and oxygen atoms in total. The third-order valence-electron chi connectivity index (χ3n) is 5.38. The number of imidazole rings is 1. The molecule has 2 aromatic rings. The van der Waals surface area contributed by atoms with E-state index in [9.17, 15) is 8.42 Å². The highest BCUT2D eigenvalue weighted by atomic mass is 32.2. The SMILES string of the molecule is Cn1cnc(S(=O)(=O)N2CCC(N3CCC(Oc4nccs4)CC3)CC2)c1. The van der Waals surface area contributed by atoms with Crippen molar-refractivity contribution < 1.29 is 13.2 Å². The van der Waals surface area contributed by atoms with Gasteiger partial charge in [-0.25, -0.2) is 18.4 Å². The van der Waals surface area contributed by atoms with Crippen LogP contribution in [0.15, 0.2) is 29.1 Å². The molecule has 148 valence electrons. The first-order chi connectivity index (χ1) is 13.0. The third kappa shape index (κ3) is 4.18. The molecular weight excluding hydrogens is 386 g/mol. The van der Waals surface area contributed by atoms with Gasteiger partial charge in [-0.3, -0.25) is 0 Å². The molecule has 0 unspecified atom stereocenters. The Morgan fingerprint density at radius 1 is 1.11 bits per heavy atom. The lowest BCUT2D eigenvalue weighted by molar-refractivity contribution is 0.0584. The van der Waals surface area contributed by atoms with Crippen LogP contribution in [0.1, 0.15) is 25.7 Å². The lowest BCUT2D eigenvalue weighted by atomic mass is 10.00. The van der Waals surface area contributed by atoms with Crippen molar-refractivity contribution in [3.8, 4) is 5.19 Å². The minimum absolute atomic E-state index is 0.142. The second-order valence-corrected chi connectivity index (χ2v) is 9.91. The maximum Gasteiger partial charge on any atom is 0.273 e. The van der Waals surface area contributed by atoms with E-state index in [0.29, 0.717) is 19.1 Å². The summed E-state index contributed by atoms with van der Waals surface area (Å²) in [5.41, 5.74) is 0. The van der Waals surface area contributed by atoms with E-state index in [0.717, 1.165) is 44.0 Å². The number of thiazole rings is 1. The molecule has 4 rings (SSSR count). The molecule has 0 N–H and O–H groups in total. The van der Waals surface area contributed by atoms with Crippen LogP contribution in [0.3, 0.4) is 0 Å². The van der Waals surface area contributed by atoms with Crippen LogP contribution < -0.4 is 4.74 Å². The second-order valence-electron chi connectivity index (χ2n) is 7.16. The average molecular weight is 412 g/mol. The van der Waals surface area contributed by atoms with Gasteiger partial charge in [-0.2, -0.15) is 4.31 Å². The zero-order chi connectivity index (χ0) is 18.9. The molecule has 4 heterocycles. The first-order valence-electron chi connectivity index (χ1n) is 9.31. The van der Waals surface area contributed by atoms with E-state index in [-0.39, 0.29) is 11.1 Å². The molecule has 2 aromatic heterocycles. The number of aryl methyl sites for hydroxylation is 1. The minimum Gasteiger partial charge on any atom is -0.467 e. The van der Waals surface area contributed by atoms with Crippen LogP contribution in [0.5, 0.6) is 5.19 Å². The van der Waals surface area contributed by atoms with Gasteiger partial charge in [0.05, 0.1) is 6.33 Å². The molecule has 0 spiro atoms. The van der Waals surface area contributed by atoms with Crippen LogP contribution >= 0.6 is 11.3 Å². The van der Waals surface area contributed by atoms with Gasteiger partial charge in [-0.15, -0.1) is 0 Å². The lowest BCUT2D eigenvalue weighted by Crippen LogP contribution is -2.50. The topological polar surface area (TPSA) is 80.6 Å². The Morgan fingerprint density at radius 2 is 1.85 bits per heavy atom. The fraction of sp³-hybridized carbons (Fsp3) is 0.647. The van der Waals surface area contributed by atoms with Crippen molar-refractivity contribution in [3.05, 3.63) is 24.1 Å². The van der Waals surface area contributed by atoms with Gasteiger partial charge in [-0.1, -0.05) is 11.3 Å². The van der Waals surface area contributed by atoms with Crippen LogP contribution in [0, 0.1) is 0 Å². The van der Waals surface area contributed by atoms with Crippen LogP contribution in [-0.2, 0) is 17.1 Å². The number of aromatic nitrogens is 3. The molecule has 0 bridgehead atoms. The Labute approximate surface area is 163 Å². The summed E-state index contributed by atoms with van der Waals surface area (Å²) in [6, 6.07) is 0.445. The van der Waals surface area contributed by atoms with Crippen molar-refractivity contribution >= 4 is 21.4 Å². The smallest absolute Gasteiger partial charge is 0.273 e. The summed E-state index contributed by atoms with van der Waals surface area (Å²) < 4.78 is 34.6. The fourth-order valence-electron chi connectivity index (χ4n) is 3.87. The predicted octanol–water partition coefficient (Wildman–Crippen LogP) is 1.57. The molecule has 2 fully saturated rings. The summed E-state index contributed by atoms with van der Waals surface area (Å²) in [5.74, 6) is 0. The molecule has 0 radical (unpaired) electrons. The molecule has 0 saturated carbocycles. The van der Waals surface area contributed by atoms with Crippen molar-refractivity contribution in [2.24, 2.45) is 7.05 Å². The molecular formula is C17H25N5O3S2. The highest BCUT2D eigenvalue weighted by molar-refractivity contribution is 7.89. The van der Waals surface area contributed by atoms with Crippen LogP contribution in [-0.4, -0.2) is 70.5 Å². The van der Waals surface area contributed by atoms with Gasteiger partial charge in [0.25, 0.3) is 15.2 Å². The Kier molecular flexibility index (Phi) is 5.49. The molecule has 0 amide bonds. The van der Waals surface area contributed by atoms with E-state index in [1.165, 1.54) is 17.7 Å². The molecule has 0 aromatic carbocycles. The number of piperidine rings is 2. The molecule has 2 saturated heterocycles. The van der Waals surface area contributed by atoms with Crippen molar-refractivity contribution in [2.45, 2.75) is 42.9 Å². The zero-order valence-electron chi connectivity index (χ0n) is 15.4. The van der Waals surface area contributed by atoms with Crippen molar-refractivity contribution in [2.75, 3.05) is 26.2 Å². The van der Waals surface area contributed by atoms with E-state index in [1.54, 1.807) is 28.3 Å². The monoisotopic (exact) mass is 411 g/mol. The summed E-state index contributed by atoms with van der Waals surface area (Å²) in [6.45, 7) is 3.10. The molecule has 27 heavy (non-hydrogen) atoms. The minimum atomic E-state index is -3.48. The number of sulfonamides is 1. The zero-order valence-corrected chi connectivity index (χ0v) is 17.0. The predicted molar refractivity (Wildman–Crippen MR) is 102 cm³/mol. The maximum absolute atomic E-state index is 12.7. The van der Waals surface area contributed by atoms with Gasteiger partial charge in [0, 0.05) is 57.0 Å². The first kappa shape index (κ1) is 18.9. The van der Waals surface area contributed by atoms with E-state index < -0.39 is 10.0 Å². The number of hydrogen-bond acceptors (Lipinski definition) is 7. The quantitative estimate of drug-likeness (QED) is 0.743. The third-order valence-corrected chi connectivity index (χ3v) is 7.82. The van der Waals surface area contributed by atoms with E-state index in [1.807, 2.05) is 5.38 Å². The second kappa shape index (κ2) is 7.86. The van der Waals surface area contributed by atoms with Crippen molar-refractivity contribution in [1.29, 1.82) is 0 Å². The molecule has 0 atom stereocenters. The highest BCUT2D eigenvalue weighted by Crippen LogP contribution is 2.26. The summed E-state index contributed by atoms with van der Waals surface area (Å²) in [6.07, 6.45) is 8.80. The maximum atomic E-state index is 12.7. The normalized spacial score (nSPS) is 21.5. The van der Waals surface area contributed by atoms with Crippen LogP contribution in [0.2, 0.25) is 0 Å². The number of nitrogens with zero attached hydrogens (tertiary/aromatic N) is 5. The number of likely N-dealkylation sites (tertiary alicyclic amines) is 1. The Morgan fingerprint density at radius 3 is 2.44 bits per heavy atom.